The molecule has 0 aliphatic carbocycles. The number of benzene rings is 1. The first-order chi connectivity index (χ1) is 9.60. The molecule has 20 heavy (non-hydrogen) atoms. The van der Waals surface area contributed by atoms with Crippen LogP contribution in [0.15, 0.2) is 18.2 Å². The highest BCUT2D eigenvalue weighted by molar-refractivity contribution is 5.21. The first-order valence-corrected chi connectivity index (χ1v) is 7.19. The predicted molar refractivity (Wildman–Crippen MR) is 76.5 cm³/mol. The van der Waals surface area contributed by atoms with E-state index in [-0.39, 0.29) is 6.04 Å². The van der Waals surface area contributed by atoms with Crippen molar-refractivity contribution in [3.8, 4) is 0 Å². The summed E-state index contributed by atoms with van der Waals surface area (Å²) in [6.45, 7) is 4.47. The van der Waals surface area contributed by atoms with Gasteiger partial charge in [0.05, 0.1) is 0 Å². The van der Waals surface area contributed by atoms with Gasteiger partial charge in [0.15, 0.2) is 0 Å². The third-order valence-corrected chi connectivity index (χ3v) is 3.99. The molecule has 5 heteroatoms. The summed E-state index contributed by atoms with van der Waals surface area (Å²) < 4.78 is 26.6. The number of hydrogen-bond acceptors (Lipinski definition) is 3. The van der Waals surface area contributed by atoms with Gasteiger partial charge < -0.3 is 10.6 Å². The highest BCUT2D eigenvalue weighted by atomic mass is 19.1. The standard InChI is InChI=1S/C15H23F2N3/c1-19(6-7-20-4-2-3-5-20)15(11-18)12-8-13(16)10-14(17)9-12/h8-10,15H,2-7,11,18H2,1H3. The molecular weight excluding hydrogens is 260 g/mol. The van der Waals surface area contributed by atoms with Crippen molar-refractivity contribution in [2.45, 2.75) is 18.9 Å². The second kappa shape index (κ2) is 7.11. The maximum Gasteiger partial charge on any atom is 0.126 e. The quantitative estimate of drug-likeness (QED) is 0.866. The Kier molecular flexibility index (Phi) is 5.46. The summed E-state index contributed by atoms with van der Waals surface area (Å²) in [4.78, 5) is 4.49. The third-order valence-electron chi connectivity index (χ3n) is 3.99. The SMILES string of the molecule is CN(CCN1CCCC1)C(CN)c1cc(F)cc(F)c1. The van der Waals surface area contributed by atoms with Gasteiger partial charge in [0, 0.05) is 31.7 Å². The molecule has 112 valence electrons. The molecule has 1 aromatic carbocycles. The van der Waals surface area contributed by atoms with Crippen molar-refractivity contribution in [2.75, 3.05) is 39.8 Å². The molecular formula is C15H23F2N3. The number of likely N-dealkylation sites (N-methyl/N-ethyl adjacent to an activating group) is 1. The number of hydrogen-bond donors (Lipinski definition) is 1. The number of halogens is 2. The van der Waals surface area contributed by atoms with E-state index in [1.54, 1.807) is 0 Å². The average Bonchev–Trinajstić information content (AvgIpc) is 2.89. The Morgan fingerprint density at radius 2 is 1.80 bits per heavy atom. The van der Waals surface area contributed by atoms with Crippen molar-refractivity contribution in [1.82, 2.24) is 9.80 Å². The lowest BCUT2D eigenvalue weighted by Gasteiger charge is -2.29. The Hall–Kier alpha value is -1.04. The van der Waals surface area contributed by atoms with E-state index in [1.165, 1.54) is 25.0 Å². The number of nitrogens with two attached hydrogens (primary N) is 1. The monoisotopic (exact) mass is 283 g/mol. The van der Waals surface area contributed by atoms with Crippen LogP contribution in [0, 0.1) is 11.6 Å². The summed E-state index contributed by atoms with van der Waals surface area (Å²) in [5, 5.41) is 0. The van der Waals surface area contributed by atoms with Crippen molar-refractivity contribution >= 4 is 0 Å². The van der Waals surface area contributed by atoms with Crippen molar-refractivity contribution in [3.63, 3.8) is 0 Å². The molecule has 3 nitrogen and oxygen atoms in total. The van der Waals surface area contributed by atoms with E-state index in [2.05, 4.69) is 9.80 Å². The van der Waals surface area contributed by atoms with Gasteiger partial charge >= 0.3 is 0 Å². The zero-order valence-corrected chi connectivity index (χ0v) is 12.0. The number of rotatable bonds is 6. The van der Waals surface area contributed by atoms with Crippen molar-refractivity contribution in [3.05, 3.63) is 35.4 Å². The van der Waals surface area contributed by atoms with Crippen LogP contribution in [0.5, 0.6) is 0 Å². The van der Waals surface area contributed by atoms with E-state index >= 15 is 0 Å². The van der Waals surface area contributed by atoms with Crippen molar-refractivity contribution < 1.29 is 8.78 Å². The molecule has 2 rings (SSSR count). The van der Waals surface area contributed by atoms with Crippen LogP contribution >= 0.6 is 0 Å². The minimum atomic E-state index is -0.550. The molecule has 0 amide bonds. The van der Waals surface area contributed by atoms with Crippen LogP contribution in [0.2, 0.25) is 0 Å². The molecule has 2 N–H and O–H groups in total. The van der Waals surface area contributed by atoms with Gasteiger partial charge in [-0.05, 0) is 50.7 Å². The largest absolute Gasteiger partial charge is 0.329 e. The average molecular weight is 283 g/mol. The molecule has 0 aromatic heterocycles. The molecule has 0 spiro atoms. The maximum atomic E-state index is 13.3. The fourth-order valence-electron chi connectivity index (χ4n) is 2.80. The summed E-state index contributed by atoms with van der Waals surface area (Å²) in [5.74, 6) is -1.10. The van der Waals surface area contributed by atoms with Gasteiger partial charge in [0.1, 0.15) is 11.6 Å². The summed E-state index contributed by atoms with van der Waals surface area (Å²) in [7, 11) is 1.95. The van der Waals surface area contributed by atoms with Gasteiger partial charge in [-0.1, -0.05) is 0 Å². The first kappa shape index (κ1) is 15.4. The first-order valence-electron chi connectivity index (χ1n) is 7.19. The van der Waals surface area contributed by atoms with Crippen LogP contribution < -0.4 is 5.73 Å². The Balaban J connectivity index is 1.98. The molecule has 1 heterocycles. The lowest BCUT2D eigenvalue weighted by atomic mass is 10.1. The highest BCUT2D eigenvalue weighted by Gasteiger charge is 2.19. The highest BCUT2D eigenvalue weighted by Crippen LogP contribution is 2.20. The molecule has 1 aliphatic heterocycles. The summed E-state index contributed by atoms with van der Waals surface area (Å²) in [6.07, 6.45) is 2.53. The lowest BCUT2D eigenvalue weighted by molar-refractivity contribution is 0.209. The fraction of sp³-hybridized carbons (Fsp3) is 0.600. The zero-order valence-electron chi connectivity index (χ0n) is 12.0. The second-order valence-electron chi connectivity index (χ2n) is 5.48. The Morgan fingerprint density at radius 3 is 2.35 bits per heavy atom. The Bertz CT molecular complexity index is 413. The molecule has 1 unspecified atom stereocenters. The van der Waals surface area contributed by atoms with Crippen LogP contribution in [0.1, 0.15) is 24.4 Å². The minimum absolute atomic E-state index is 0.150. The van der Waals surface area contributed by atoms with Crippen molar-refractivity contribution in [1.29, 1.82) is 0 Å². The summed E-state index contributed by atoms with van der Waals surface area (Å²) in [5.41, 5.74) is 6.39. The molecule has 1 saturated heterocycles. The van der Waals surface area contributed by atoms with Crippen LogP contribution in [0.4, 0.5) is 8.78 Å². The van der Waals surface area contributed by atoms with Crippen LogP contribution in [0.25, 0.3) is 0 Å². The van der Waals surface area contributed by atoms with Crippen molar-refractivity contribution in [2.24, 2.45) is 5.73 Å². The minimum Gasteiger partial charge on any atom is -0.329 e. The zero-order chi connectivity index (χ0) is 14.5. The van der Waals surface area contributed by atoms with E-state index in [0.717, 1.165) is 32.2 Å². The molecule has 1 atom stereocenters. The van der Waals surface area contributed by atoms with Gasteiger partial charge in [-0.15, -0.1) is 0 Å². The normalized spacial score (nSPS) is 17.9. The predicted octanol–water partition coefficient (Wildman–Crippen LogP) is 1.99. The lowest BCUT2D eigenvalue weighted by Crippen LogP contribution is -2.36. The van der Waals surface area contributed by atoms with Crippen LogP contribution in [-0.4, -0.2) is 49.6 Å². The van der Waals surface area contributed by atoms with Gasteiger partial charge in [-0.3, -0.25) is 4.90 Å². The molecule has 1 aromatic rings. The van der Waals surface area contributed by atoms with Gasteiger partial charge in [-0.2, -0.15) is 0 Å². The topological polar surface area (TPSA) is 32.5 Å². The number of nitrogens with zero attached hydrogens (tertiary/aromatic N) is 2. The third kappa shape index (κ3) is 3.98. The molecule has 1 aliphatic rings. The summed E-state index contributed by atoms with van der Waals surface area (Å²) in [6, 6.07) is 3.48. The van der Waals surface area contributed by atoms with Gasteiger partial charge in [0.25, 0.3) is 0 Å². The maximum absolute atomic E-state index is 13.3. The fourth-order valence-corrected chi connectivity index (χ4v) is 2.80. The number of likely N-dealkylation sites (tertiary alicyclic amines) is 1. The Labute approximate surface area is 119 Å². The van der Waals surface area contributed by atoms with E-state index < -0.39 is 11.6 Å². The summed E-state index contributed by atoms with van der Waals surface area (Å²) >= 11 is 0. The molecule has 0 bridgehead atoms. The molecule has 1 fully saturated rings. The van der Waals surface area contributed by atoms with Gasteiger partial charge in [-0.25, -0.2) is 8.78 Å². The van der Waals surface area contributed by atoms with E-state index in [9.17, 15) is 8.78 Å². The Morgan fingerprint density at radius 1 is 1.20 bits per heavy atom. The van der Waals surface area contributed by atoms with Gasteiger partial charge in [0.2, 0.25) is 0 Å². The molecule has 0 radical (unpaired) electrons. The van der Waals surface area contributed by atoms with E-state index in [0.29, 0.717) is 12.1 Å². The molecule has 0 saturated carbocycles. The van der Waals surface area contributed by atoms with E-state index in [4.69, 9.17) is 5.73 Å². The second-order valence-corrected chi connectivity index (χ2v) is 5.48. The van der Waals surface area contributed by atoms with Crippen LogP contribution in [-0.2, 0) is 0 Å². The van der Waals surface area contributed by atoms with Crippen LogP contribution in [0.3, 0.4) is 0 Å². The van der Waals surface area contributed by atoms with E-state index in [1.807, 2.05) is 7.05 Å². The smallest absolute Gasteiger partial charge is 0.126 e.